The number of hydrogen-bond donors (Lipinski definition) is 1. The molecule has 0 atom stereocenters. The van der Waals surface area contributed by atoms with Gasteiger partial charge in [0.25, 0.3) is 5.91 Å². The van der Waals surface area contributed by atoms with E-state index in [4.69, 9.17) is 0 Å². The van der Waals surface area contributed by atoms with Gasteiger partial charge in [-0.15, -0.1) is 0 Å². The van der Waals surface area contributed by atoms with Crippen molar-refractivity contribution < 1.29 is 4.79 Å². The van der Waals surface area contributed by atoms with E-state index in [1.165, 1.54) is 6.33 Å². The SMILES string of the molecule is Cc1ccc2c(c1)[nH]c(=O)n2C1CCN(C2CCN(C(=O)c3cncnc3)CC2)CC1. The Morgan fingerprint density at radius 2 is 1.68 bits per heavy atom. The van der Waals surface area contributed by atoms with Crippen LogP contribution in [0.25, 0.3) is 11.0 Å². The Morgan fingerprint density at radius 1 is 1.00 bits per heavy atom. The average Bonchev–Trinajstić information content (AvgIpc) is 3.14. The van der Waals surface area contributed by atoms with Crippen LogP contribution in [0.4, 0.5) is 0 Å². The fraction of sp³-hybridized carbons (Fsp3) is 0.478. The molecule has 162 valence electrons. The Morgan fingerprint density at radius 3 is 2.39 bits per heavy atom. The normalized spacial score (nSPS) is 19.2. The third kappa shape index (κ3) is 3.87. The highest BCUT2D eigenvalue weighted by molar-refractivity contribution is 5.93. The fourth-order valence-electron chi connectivity index (χ4n) is 5.14. The van der Waals surface area contributed by atoms with Gasteiger partial charge < -0.3 is 14.8 Å². The van der Waals surface area contributed by atoms with Crippen LogP contribution >= 0.6 is 0 Å². The highest BCUT2D eigenvalue weighted by atomic mass is 16.2. The molecular weight excluding hydrogens is 392 g/mol. The van der Waals surface area contributed by atoms with Gasteiger partial charge in [0.2, 0.25) is 0 Å². The molecule has 1 amide bonds. The van der Waals surface area contributed by atoms with Gasteiger partial charge in [-0.3, -0.25) is 9.36 Å². The van der Waals surface area contributed by atoms with Crippen LogP contribution in [0, 0.1) is 6.92 Å². The van der Waals surface area contributed by atoms with Crippen LogP contribution in [0.2, 0.25) is 0 Å². The molecule has 2 aliphatic heterocycles. The van der Waals surface area contributed by atoms with Crippen molar-refractivity contribution in [3.05, 3.63) is 58.5 Å². The minimum Gasteiger partial charge on any atom is -0.338 e. The van der Waals surface area contributed by atoms with Gasteiger partial charge in [-0.25, -0.2) is 14.8 Å². The second kappa shape index (κ2) is 8.26. The van der Waals surface area contributed by atoms with Crippen LogP contribution < -0.4 is 5.69 Å². The van der Waals surface area contributed by atoms with E-state index in [1.54, 1.807) is 12.4 Å². The molecule has 2 saturated heterocycles. The molecule has 0 bridgehead atoms. The van der Waals surface area contributed by atoms with E-state index >= 15 is 0 Å². The van der Waals surface area contributed by atoms with E-state index in [9.17, 15) is 9.59 Å². The monoisotopic (exact) mass is 420 g/mol. The maximum atomic E-state index is 12.6. The Labute approximate surface area is 180 Å². The molecule has 3 aromatic rings. The van der Waals surface area contributed by atoms with E-state index < -0.39 is 0 Å². The summed E-state index contributed by atoms with van der Waals surface area (Å²) in [6.45, 7) is 5.54. The largest absolute Gasteiger partial charge is 0.338 e. The Bertz CT molecular complexity index is 1120. The van der Waals surface area contributed by atoms with Crippen molar-refractivity contribution in [1.29, 1.82) is 0 Å². The minimum atomic E-state index is -0.00392. The standard InChI is InChI=1S/C23H28N6O2/c1-16-2-3-21-20(12-16)26-23(31)29(21)19-6-8-27(9-7-19)18-4-10-28(11-5-18)22(30)17-13-24-15-25-14-17/h2-3,12-15,18-19H,4-11H2,1H3,(H,26,31). The van der Waals surface area contributed by atoms with Crippen LogP contribution in [-0.2, 0) is 0 Å². The third-order valence-corrected chi connectivity index (χ3v) is 6.81. The summed E-state index contributed by atoms with van der Waals surface area (Å²) >= 11 is 0. The molecule has 8 nitrogen and oxygen atoms in total. The molecule has 2 aromatic heterocycles. The number of aromatic amines is 1. The molecule has 2 aliphatic rings. The number of carbonyl (C=O) groups is 1. The van der Waals surface area contributed by atoms with E-state index in [0.717, 1.165) is 68.5 Å². The third-order valence-electron chi connectivity index (χ3n) is 6.81. The molecule has 1 aromatic carbocycles. The van der Waals surface area contributed by atoms with Gasteiger partial charge in [0.05, 0.1) is 16.6 Å². The maximum Gasteiger partial charge on any atom is 0.326 e. The highest BCUT2D eigenvalue weighted by Gasteiger charge is 2.31. The lowest BCUT2D eigenvalue weighted by Gasteiger charge is -2.42. The van der Waals surface area contributed by atoms with Gasteiger partial charge in [-0.05, 0) is 50.3 Å². The Hall–Kier alpha value is -3.00. The molecule has 8 heteroatoms. The summed E-state index contributed by atoms with van der Waals surface area (Å²) in [4.78, 5) is 40.6. The summed E-state index contributed by atoms with van der Waals surface area (Å²) in [5.74, 6) is 0.0201. The first-order chi connectivity index (χ1) is 15.1. The van der Waals surface area contributed by atoms with Crippen molar-refractivity contribution in [2.24, 2.45) is 0 Å². The first kappa shape index (κ1) is 19.9. The van der Waals surface area contributed by atoms with Crippen molar-refractivity contribution in [1.82, 2.24) is 29.3 Å². The van der Waals surface area contributed by atoms with Gasteiger partial charge in [0, 0.05) is 50.7 Å². The minimum absolute atomic E-state index is 0.00392. The van der Waals surface area contributed by atoms with Gasteiger partial charge >= 0.3 is 5.69 Å². The number of H-pyrrole nitrogens is 1. The average molecular weight is 421 g/mol. The topological polar surface area (TPSA) is 87.1 Å². The highest BCUT2D eigenvalue weighted by Crippen LogP contribution is 2.28. The van der Waals surface area contributed by atoms with Crippen molar-refractivity contribution in [2.75, 3.05) is 26.2 Å². The van der Waals surface area contributed by atoms with Crippen molar-refractivity contribution >= 4 is 16.9 Å². The molecule has 0 unspecified atom stereocenters. The Balaban J connectivity index is 1.19. The van der Waals surface area contributed by atoms with Gasteiger partial charge in [-0.2, -0.15) is 0 Å². The number of likely N-dealkylation sites (tertiary alicyclic amines) is 2. The molecular formula is C23H28N6O2. The quantitative estimate of drug-likeness (QED) is 0.703. The number of amides is 1. The lowest BCUT2D eigenvalue weighted by Crippen LogP contribution is -2.49. The number of nitrogens with zero attached hydrogens (tertiary/aromatic N) is 5. The molecule has 0 radical (unpaired) electrons. The lowest BCUT2D eigenvalue weighted by atomic mass is 9.97. The number of piperidine rings is 2. The number of benzene rings is 1. The predicted octanol–water partition coefficient (Wildman–Crippen LogP) is 2.37. The zero-order valence-electron chi connectivity index (χ0n) is 17.8. The van der Waals surface area contributed by atoms with Crippen molar-refractivity contribution in [3.63, 3.8) is 0 Å². The first-order valence-corrected chi connectivity index (χ1v) is 11.1. The van der Waals surface area contributed by atoms with Crippen molar-refractivity contribution in [2.45, 2.75) is 44.7 Å². The van der Waals surface area contributed by atoms with Crippen molar-refractivity contribution in [3.8, 4) is 0 Å². The molecule has 31 heavy (non-hydrogen) atoms. The zero-order chi connectivity index (χ0) is 21.4. The predicted molar refractivity (Wildman–Crippen MR) is 118 cm³/mol. The summed E-state index contributed by atoms with van der Waals surface area (Å²) in [5.41, 5.74) is 3.64. The number of nitrogens with one attached hydrogen (secondary N) is 1. The first-order valence-electron chi connectivity index (χ1n) is 11.1. The number of rotatable bonds is 3. The van der Waals surface area contributed by atoms with Gasteiger partial charge in [-0.1, -0.05) is 6.07 Å². The van der Waals surface area contributed by atoms with Gasteiger partial charge in [0.1, 0.15) is 6.33 Å². The van der Waals surface area contributed by atoms with Crippen LogP contribution in [0.3, 0.4) is 0 Å². The van der Waals surface area contributed by atoms with Gasteiger partial charge in [0.15, 0.2) is 0 Å². The van der Waals surface area contributed by atoms with Crippen LogP contribution in [0.1, 0.15) is 47.6 Å². The number of hydrogen-bond acceptors (Lipinski definition) is 5. The summed E-state index contributed by atoms with van der Waals surface area (Å²) in [6.07, 6.45) is 8.52. The Kier molecular flexibility index (Phi) is 5.31. The number of aryl methyl sites for hydroxylation is 1. The maximum absolute atomic E-state index is 12.6. The fourth-order valence-corrected chi connectivity index (χ4v) is 5.14. The molecule has 1 N–H and O–H groups in total. The molecule has 2 fully saturated rings. The molecule has 5 rings (SSSR count). The zero-order valence-corrected chi connectivity index (χ0v) is 17.8. The number of fused-ring (bicyclic) bond motifs is 1. The van der Waals surface area contributed by atoms with Crippen LogP contribution in [0.15, 0.2) is 41.7 Å². The second-order valence-corrected chi connectivity index (χ2v) is 8.74. The number of imidazole rings is 1. The van der Waals surface area contributed by atoms with E-state index in [-0.39, 0.29) is 17.6 Å². The number of carbonyl (C=O) groups excluding carboxylic acids is 1. The van der Waals surface area contributed by atoms with E-state index in [2.05, 4.69) is 32.0 Å². The summed E-state index contributed by atoms with van der Waals surface area (Å²) < 4.78 is 1.95. The summed E-state index contributed by atoms with van der Waals surface area (Å²) in [5, 5.41) is 0. The summed E-state index contributed by atoms with van der Waals surface area (Å²) in [7, 11) is 0. The van der Waals surface area contributed by atoms with E-state index in [1.807, 2.05) is 22.5 Å². The lowest BCUT2D eigenvalue weighted by molar-refractivity contribution is 0.0557. The summed E-state index contributed by atoms with van der Waals surface area (Å²) in [6, 6.07) is 6.90. The van der Waals surface area contributed by atoms with Crippen LogP contribution in [0.5, 0.6) is 0 Å². The second-order valence-electron chi connectivity index (χ2n) is 8.74. The molecule has 4 heterocycles. The smallest absolute Gasteiger partial charge is 0.326 e. The molecule has 0 spiro atoms. The van der Waals surface area contributed by atoms with Crippen LogP contribution in [-0.4, -0.2) is 67.4 Å². The van der Waals surface area contributed by atoms with E-state index in [0.29, 0.717) is 11.6 Å². The number of aromatic nitrogens is 4. The molecule has 0 saturated carbocycles. The molecule has 0 aliphatic carbocycles.